The third-order valence-corrected chi connectivity index (χ3v) is 4.35. The van der Waals surface area contributed by atoms with Crippen LogP contribution in [0.15, 0.2) is 42.5 Å². The van der Waals surface area contributed by atoms with Gasteiger partial charge in [0.15, 0.2) is 0 Å². The fourth-order valence-corrected chi connectivity index (χ4v) is 3.23. The number of nitrogens with two attached hydrogens (primary N) is 1. The largest absolute Gasteiger partial charge is 0.398 e. The maximum absolute atomic E-state index is 6.08. The zero-order valence-electron chi connectivity index (χ0n) is 12.1. The number of imidazole rings is 1. The van der Waals surface area contributed by atoms with Crippen LogP contribution in [0.2, 0.25) is 0 Å². The van der Waals surface area contributed by atoms with Gasteiger partial charge in [-0.3, -0.25) is 0 Å². The van der Waals surface area contributed by atoms with Gasteiger partial charge in [0.25, 0.3) is 0 Å². The number of nitrogens with zero attached hydrogens (tertiary/aromatic N) is 3. The summed E-state index contributed by atoms with van der Waals surface area (Å²) >= 11 is 0. The third-order valence-electron chi connectivity index (χ3n) is 4.35. The van der Waals surface area contributed by atoms with Gasteiger partial charge in [-0.15, -0.1) is 0 Å². The molecule has 2 aromatic carbocycles. The molecule has 1 aliphatic heterocycles. The number of aromatic nitrogens is 2. The minimum Gasteiger partial charge on any atom is -0.398 e. The predicted molar refractivity (Wildman–Crippen MR) is 86.3 cm³/mol. The molecule has 1 aromatic heterocycles. The Kier molecular flexibility index (Phi) is 2.64. The lowest BCUT2D eigenvalue weighted by molar-refractivity contribution is 0.693. The van der Waals surface area contributed by atoms with Gasteiger partial charge in [0.1, 0.15) is 0 Å². The highest BCUT2D eigenvalue weighted by atomic mass is 15.3. The molecular weight excluding hydrogens is 260 g/mol. The van der Waals surface area contributed by atoms with Gasteiger partial charge < -0.3 is 15.2 Å². The zero-order valence-corrected chi connectivity index (χ0v) is 12.1. The lowest BCUT2D eigenvalue weighted by atomic mass is 9.98. The second-order valence-electron chi connectivity index (χ2n) is 5.62. The van der Waals surface area contributed by atoms with Crippen LogP contribution in [-0.2, 0) is 20.0 Å². The van der Waals surface area contributed by atoms with Gasteiger partial charge in [0.2, 0.25) is 5.95 Å². The van der Waals surface area contributed by atoms with Crippen LogP contribution >= 0.6 is 0 Å². The zero-order chi connectivity index (χ0) is 14.4. The summed E-state index contributed by atoms with van der Waals surface area (Å²) in [5.74, 6) is 1.03. The fraction of sp³-hybridized carbons (Fsp3) is 0.235. The van der Waals surface area contributed by atoms with E-state index in [1.807, 2.05) is 18.2 Å². The molecule has 4 heteroatoms. The van der Waals surface area contributed by atoms with Crippen molar-refractivity contribution in [3.05, 3.63) is 53.6 Å². The van der Waals surface area contributed by atoms with Crippen LogP contribution in [0.1, 0.15) is 11.1 Å². The summed E-state index contributed by atoms with van der Waals surface area (Å²) in [6, 6.07) is 14.5. The van der Waals surface area contributed by atoms with E-state index in [0.717, 1.165) is 36.7 Å². The number of fused-ring (bicyclic) bond motifs is 2. The summed E-state index contributed by atoms with van der Waals surface area (Å²) < 4.78 is 2.17. The Bertz CT molecular complexity index is 819. The molecule has 0 radical (unpaired) electrons. The first kappa shape index (κ1) is 12.3. The fourth-order valence-electron chi connectivity index (χ4n) is 3.23. The molecule has 0 saturated heterocycles. The lowest BCUT2D eigenvalue weighted by Gasteiger charge is -2.30. The molecular formula is C17H18N4. The molecule has 1 aliphatic rings. The van der Waals surface area contributed by atoms with Crippen molar-refractivity contribution in [2.45, 2.75) is 13.0 Å². The summed E-state index contributed by atoms with van der Waals surface area (Å²) in [5.41, 5.74) is 11.8. The maximum atomic E-state index is 6.08. The van der Waals surface area contributed by atoms with E-state index in [9.17, 15) is 0 Å². The molecule has 3 aromatic rings. The van der Waals surface area contributed by atoms with E-state index in [2.05, 4.69) is 40.8 Å². The number of para-hydroxylation sites is 2. The van der Waals surface area contributed by atoms with Crippen molar-refractivity contribution >= 4 is 22.7 Å². The van der Waals surface area contributed by atoms with Crippen molar-refractivity contribution in [3.63, 3.8) is 0 Å². The second kappa shape index (κ2) is 4.52. The monoisotopic (exact) mass is 278 g/mol. The van der Waals surface area contributed by atoms with Gasteiger partial charge in [0, 0.05) is 25.8 Å². The van der Waals surface area contributed by atoms with Crippen LogP contribution in [0.4, 0.5) is 11.6 Å². The molecule has 0 atom stereocenters. The van der Waals surface area contributed by atoms with Crippen LogP contribution in [0.5, 0.6) is 0 Å². The van der Waals surface area contributed by atoms with Gasteiger partial charge in [-0.2, -0.15) is 0 Å². The van der Waals surface area contributed by atoms with Gasteiger partial charge in [-0.25, -0.2) is 4.98 Å². The highest BCUT2D eigenvalue weighted by Crippen LogP contribution is 2.28. The Hall–Kier alpha value is -2.49. The number of rotatable bonds is 1. The van der Waals surface area contributed by atoms with Gasteiger partial charge >= 0.3 is 0 Å². The Morgan fingerprint density at radius 1 is 1.10 bits per heavy atom. The minimum absolute atomic E-state index is 0.873. The van der Waals surface area contributed by atoms with Gasteiger partial charge in [-0.05, 0) is 35.7 Å². The molecule has 0 saturated carbocycles. The molecule has 0 spiro atoms. The number of hydrogen-bond donors (Lipinski definition) is 1. The van der Waals surface area contributed by atoms with Crippen LogP contribution in [-0.4, -0.2) is 16.1 Å². The van der Waals surface area contributed by atoms with Crippen molar-refractivity contribution in [2.24, 2.45) is 7.05 Å². The van der Waals surface area contributed by atoms with Gasteiger partial charge in [-0.1, -0.05) is 24.3 Å². The molecule has 0 bridgehead atoms. The van der Waals surface area contributed by atoms with E-state index < -0.39 is 0 Å². The summed E-state index contributed by atoms with van der Waals surface area (Å²) in [4.78, 5) is 7.12. The van der Waals surface area contributed by atoms with E-state index in [4.69, 9.17) is 10.7 Å². The van der Waals surface area contributed by atoms with Crippen LogP contribution < -0.4 is 10.6 Å². The molecule has 4 nitrogen and oxygen atoms in total. The number of nitrogen functional groups attached to an aromatic ring is 1. The standard InChI is InChI=1S/C17H18N4/c1-20-16-8-3-2-7-15(16)19-17(20)21-10-9-13-12(11-21)5-4-6-14(13)18/h2-8H,9-11,18H2,1H3. The van der Waals surface area contributed by atoms with Crippen LogP contribution in [0, 0.1) is 0 Å². The topological polar surface area (TPSA) is 47.1 Å². The number of hydrogen-bond acceptors (Lipinski definition) is 3. The van der Waals surface area contributed by atoms with Gasteiger partial charge in [0.05, 0.1) is 11.0 Å². The maximum Gasteiger partial charge on any atom is 0.206 e. The van der Waals surface area contributed by atoms with Crippen LogP contribution in [0.3, 0.4) is 0 Å². The lowest BCUT2D eigenvalue weighted by Crippen LogP contribution is -2.32. The normalized spacial score (nSPS) is 14.4. The summed E-state index contributed by atoms with van der Waals surface area (Å²) in [6.45, 7) is 1.83. The Balaban J connectivity index is 1.76. The van der Waals surface area contributed by atoms with Crippen LogP contribution in [0.25, 0.3) is 11.0 Å². The van der Waals surface area contributed by atoms with Crippen molar-refractivity contribution in [1.82, 2.24) is 9.55 Å². The number of benzene rings is 2. The highest BCUT2D eigenvalue weighted by Gasteiger charge is 2.21. The quantitative estimate of drug-likeness (QED) is 0.696. The van der Waals surface area contributed by atoms with E-state index in [1.165, 1.54) is 16.6 Å². The van der Waals surface area contributed by atoms with E-state index in [-0.39, 0.29) is 0 Å². The van der Waals surface area contributed by atoms with Crippen molar-refractivity contribution in [3.8, 4) is 0 Å². The summed E-state index contributed by atoms with van der Waals surface area (Å²) in [6.07, 6.45) is 0.977. The molecule has 2 N–H and O–H groups in total. The Morgan fingerprint density at radius 2 is 1.95 bits per heavy atom. The molecule has 0 amide bonds. The third kappa shape index (κ3) is 1.87. The molecule has 4 rings (SSSR count). The van der Waals surface area contributed by atoms with E-state index in [0.29, 0.717) is 0 Å². The SMILES string of the molecule is Cn1c(N2CCc3c(N)cccc3C2)nc2ccccc21. The van der Waals surface area contributed by atoms with E-state index >= 15 is 0 Å². The first-order chi connectivity index (χ1) is 10.2. The van der Waals surface area contributed by atoms with Crippen molar-refractivity contribution in [2.75, 3.05) is 17.2 Å². The highest BCUT2D eigenvalue weighted by molar-refractivity contribution is 5.78. The summed E-state index contributed by atoms with van der Waals surface area (Å²) in [5, 5.41) is 0. The Labute approximate surface area is 123 Å². The predicted octanol–water partition coefficient (Wildman–Crippen LogP) is 2.72. The Morgan fingerprint density at radius 3 is 2.81 bits per heavy atom. The minimum atomic E-state index is 0.873. The van der Waals surface area contributed by atoms with Crippen molar-refractivity contribution in [1.29, 1.82) is 0 Å². The smallest absolute Gasteiger partial charge is 0.206 e. The van der Waals surface area contributed by atoms with Crippen molar-refractivity contribution < 1.29 is 0 Å². The van der Waals surface area contributed by atoms with E-state index in [1.54, 1.807) is 0 Å². The molecule has 106 valence electrons. The molecule has 0 unspecified atom stereocenters. The molecule has 21 heavy (non-hydrogen) atoms. The summed E-state index contributed by atoms with van der Waals surface area (Å²) in [7, 11) is 2.08. The average molecular weight is 278 g/mol. The number of anilines is 2. The average Bonchev–Trinajstić information content (AvgIpc) is 2.85. The number of aryl methyl sites for hydroxylation is 1. The second-order valence-corrected chi connectivity index (χ2v) is 5.62. The molecule has 0 aliphatic carbocycles. The first-order valence-electron chi connectivity index (χ1n) is 7.26. The molecule has 2 heterocycles. The molecule has 0 fully saturated rings. The first-order valence-corrected chi connectivity index (χ1v) is 7.26.